The fraction of sp³-hybridized carbons (Fsp3) is 0.273. The standard InChI is InChI=1S/C11H13N3O2/c1-7(2)16-14-6-13-9-5-8(11(12)15)3-4-10(9)14/h3-7H,1-2H3,(H2,12,15). The molecular formula is C11H13N3O2. The molecule has 0 atom stereocenters. The summed E-state index contributed by atoms with van der Waals surface area (Å²) in [6, 6.07) is 5.08. The molecule has 2 N–H and O–H groups in total. The highest BCUT2D eigenvalue weighted by Crippen LogP contribution is 2.14. The van der Waals surface area contributed by atoms with Crippen molar-refractivity contribution in [3.05, 3.63) is 30.1 Å². The Hall–Kier alpha value is -2.04. The summed E-state index contributed by atoms with van der Waals surface area (Å²) in [4.78, 5) is 20.6. The molecule has 0 bridgehead atoms. The van der Waals surface area contributed by atoms with E-state index in [1.165, 1.54) is 0 Å². The maximum absolute atomic E-state index is 11.0. The highest BCUT2D eigenvalue weighted by atomic mass is 16.7. The van der Waals surface area contributed by atoms with E-state index in [0.717, 1.165) is 5.52 Å². The molecule has 16 heavy (non-hydrogen) atoms. The molecule has 0 spiro atoms. The van der Waals surface area contributed by atoms with Gasteiger partial charge >= 0.3 is 0 Å². The second-order valence-corrected chi connectivity index (χ2v) is 3.79. The van der Waals surface area contributed by atoms with Gasteiger partial charge in [-0.25, -0.2) is 4.98 Å². The third kappa shape index (κ3) is 1.84. The second-order valence-electron chi connectivity index (χ2n) is 3.79. The van der Waals surface area contributed by atoms with E-state index in [0.29, 0.717) is 11.1 Å². The third-order valence-corrected chi connectivity index (χ3v) is 2.12. The Bertz CT molecular complexity index is 531. The van der Waals surface area contributed by atoms with Crippen molar-refractivity contribution >= 4 is 16.9 Å². The summed E-state index contributed by atoms with van der Waals surface area (Å²) >= 11 is 0. The molecule has 0 aliphatic rings. The van der Waals surface area contributed by atoms with Crippen molar-refractivity contribution in [3.63, 3.8) is 0 Å². The Labute approximate surface area is 92.8 Å². The molecule has 2 rings (SSSR count). The van der Waals surface area contributed by atoms with Crippen LogP contribution in [0.5, 0.6) is 0 Å². The molecule has 0 saturated carbocycles. The van der Waals surface area contributed by atoms with Crippen molar-refractivity contribution in [1.29, 1.82) is 0 Å². The van der Waals surface area contributed by atoms with Gasteiger partial charge in [-0.1, -0.05) is 0 Å². The predicted molar refractivity (Wildman–Crippen MR) is 60.0 cm³/mol. The molecule has 84 valence electrons. The number of hydrogen-bond donors (Lipinski definition) is 1. The number of rotatable bonds is 3. The van der Waals surface area contributed by atoms with Gasteiger partial charge in [0.15, 0.2) is 0 Å². The fourth-order valence-corrected chi connectivity index (χ4v) is 1.45. The average Bonchev–Trinajstić information content (AvgIpc) is 2.60. The average molecular weight is 219 g/mol. The summed E-state index contributed by atoms with van der Waals surface area (Å²) in [6.45, 7) is 3.87. The largest absolute Gasteiger partial charge is 0.410 e. The van der Waals surface area contributed by atoms with E-state index in [1.54, 1.807) is 29.3 Å². The van der Waals surface area contributed by atoms with Crippen LogP contribution in [-0.4, -0.2) is 21.7 Å². The van der Waals surface area contributed by atoms with Crippen LogP contribution in [0, 0.1) is 0 Å². The number of imidazole rings is 1. The number of carbonyl (C=O) groups is 1. The molecule has 0 fully saturated rings. The molecule has 1 aromatic carbocycles. The number of nitrogens with zero attached hydrogens (tertiary/aromatic N) is 2. The van der Waals surface area contributed by atoms with Crippen LogP contribution in [0.25, 0.3) is 11.0 Å². The zero-order valence-electron chi connectivity index (χ0n) is 9.18. The first-order valence-corrected chi connectivity index (χ1v) is 5.02. The number of fused-ring (bicyclic) bond motifs is 1. The van der Waals surface area contributed by atoms with Crippen molar-refractivity contribution in [1.82, 2.24) is 9.71 Å². The minimum Gasteiger partial charge on any atom is -0.410 e. The molecule has 5 nitrogen and oxygen atoms in total. The molecule has 1 aromatic heterocycles. The molecule has 2 aromatic rings. The van der Waals surface area contributed by atoms with E-state index in [9.17, 15) is 4.79 Å². The maximum atomic E-state index is 11.0. The molecule has 0 radical (unpaired) electrons. The zero-order chi connectivity index (χ0) is 11.7. The SMILES string of the molecule is CC(C)On1cnc2cc(C(N)=O)ccc21. The number of amides is 1. The highest BCUT2D eigenvalue weighted by Gasteiger charge is 2.07. The lowest BCUT2D eigenvalue weighted by molar-refractivity contribution is 0.0674. The number of aromatic nitrogens is 2. The quantitative estimate of drug-likeness (QED) is 0.836. The van der Waals surface area contributed by atoms with Gasteiger partial charge in [0.2, 0.25) is 5.91 Å². The van der Waals surface area contributed by atoms with E-state index >= 15 is 0 Å². The van der Waals surface area contributed by atoms with E-state index in [-0.39, 0.29) is 6.10 Å². The summed E-state index contributed by atoms with van der Waals surface area (Å²) in [5.41, 5.74) is 7.14. The Balaban J connectivity index is 2.46. The van der Waals surface area contributed by atoms with E-state index < -0.39 is 5.91 Å². The smallest absolute Gasteiger partial charge is 0.248 e. The summed E-state index contributed by atoms with van der Waals surface area (Å²) in [6.07, 6.45) is 1.64. The van der Waals surface area contributed by atoms with E-state index in [2.05, 4.69) is 4.98 Å². The van der Waals surface area contributed by atoms with Crippen molar-refractivity contribution < 1.29 is 9.63 Å². The Kier molecular flexibility index (Phi) is 2.52. The van der Waals surface area contributed by atoms with Crippen LogP contribution in [0.4, 0.5) is 0 Å². The molecule has 0 unspecified atom stereocenters. The second kappa shape index (κ2) is 3.84. The summed E-state index contributed by atoms with van der Waals surface area (Å²) < 4.78 is 1.59. The zero-order valence-corrected chi connectivity index (χ0v) is 9.18. The monoisotopic (exact) mass is 219 g/mol. The van der Waals surface area contributed by atoms with Gasteiger partial charge in [0.25, 0.3) is 0 Å². The minimum atomic E-state index is -0.457. The number of benzene rings is 1. The van der Waals surface area contributed by atoms with Crippen LogP contribution >= 0.6 is 0 Å². The van der Waals surface area contributed by atoms with Crippen molar-refractivity contribution in [3.8, 4) is 0 Å². The van der Waals surface area contributed by atoms with Crippen LogP contribution in [0.2, 0.25) is 0 Å². The normalized spacial score (nSPS) is 10.9. The number of hydrogen-bond acceptors (Lipinski definition) is 3. The number of carbonyl (C=O) groups excluding carboxylic acids is 1. The molecule has 0 aliphatic carbocycles. The first kappa shape index (κ1) is 10.5. The van der Waals surface area contributed by atoms with Gasteiger partial charge in [-0.3, -0.25) is 4.79 Å². The Morgan fingerprint density at radius 3 is 2.88 bits per heavy atom. The Morgan fingerprint density at radius 1 is 1.50 bits per heavy atom. The van der Waals surface area contributed by atoms with Crippen molar-refractivity contribution in [2.45, 2.75) is 20.0 Å². The minimum absolute atomic E-state index is 0.0632. The summed E-state index contributed by atoms with van der Waals surface area (Å²) in [5, 5.41) is 0. The van der Waals surface area contributed by atoms with Crippen LogP contribution in [-0.2, 0) is 0 Å². The van der Waals surface area contributed by atoms with Crippen LogP contribution in [0.15, 0.2) is 24.5 Å². The number of nitrogens with two attached hydrogens (primary N) is 1. The molecule has 1 amide bonds. The van der Waals surface area contributed by atoms with Gasteiger partial charge in [0.1, 0.15) is 17.9 Å². The maximum Gasteiger partial charge on any atom is 0.248 e. The van der Waals surface area contributed by atoms with E-state index in [1.807, 2.05) is 13.8 Å². The fourth-order valence-electron chi connectivity index (χ4n) is 1.45. The molecule has 0 aliphatic heterocycles. The van der Waals surface area contributed by atoms with Crippen LogP contribution < -0.4 is 10.6 Å². The molecule has 0 saturated heterocycles. The summed E-state index contributed by atoms with van der Waals surface area (Å²) in [5.74, 6) is -0.457. The van der Waals surface area contributed by atoms with Crippen molar-refractivity contribution in [2.24, 2.45) is 5.73 Å². The first-order chi connectivity index (χ1) is 7.58. The van der Waals surface area contributed by atoms with Crippen LogP contribution in [0.1, 0.15) is 24.2 Å². The van der Waals surface area contributed by atoms with Gasteiger partial charge in [-0.05, 0) is 32.0 Å². The molecular weight excluding hydrogens is 206 g/mol. The van der Waals surface area contributed by atoms with Gasteiger partial charge in [-0.15, -0.1) is 0 Å². The first-order valence-electron chi connectivity index (χ1n) is 5.02. The third-order valence-electron chi connectivity index (χ3n) is 2.12. The van der Waals surface area contributed by atoms with Crippen molar-refractivity contribution in [2.75, 3.05) is 0 Å². The lowest BCUT2D eigenvalue weighted by Crippen LogP contribution is -2.18. The predicted octanol–water partition coefficient (Wildman–Crippen LogP) is 0.972. The van der Waals surface area contributed by atoms with E-state index in [4.69, 9.17) is 10.6 Å². The lowest BCUT2D eigenvalue weighted by Gasteiger charge is -2.10. The lowest BCUT2D eigenvalue weighted by atomic mass is 10.2. The van der Waals surface area contributed by atoms with Gasteiger partial charge in [0.05, 0.1) is 5.52 Å². The highest BCUT2D eigenvalue weighted by molar-refractivity contribution is 5.96. The molecule has 5 heteroatoms. The Morgan fingerprint density at radius 2 is 2.25 bits per heavy atom. The van der Waals surface area contributed by atoms with Gasteiger partial charge < -0.3 is 10.6 Å². The van der Waals surface area contributed by atoms with Gasteiger partial charge in [0, 0.05) is 5.56 Å². The van der Waals surface area contributed by atoms with Gasteiger partial charge in [-0.2, -0.15) is 4.73 Å². The van der Waals surface area contributed by atoms with Crippen LogP contribution in [0.3, 0.4) is 0 Å². The summed E-state index contributed by atoms with van der Waals surface area (Å²) in [7, 11) is 0. The topological polar surface area (TPSA) is 70.1 Å². The number of primary amides is 1. The molecule has 1 heterocycles.